The first-order valence-corrected chi connectivity index (χ1v) is 8.59. The summed E-state index contributed by atoms with van der Waals surface area (Å²) in [6.07, 6.45) is 5.43. The van der Waals surface area contributed by atoms with Crippen LogP contribution in [0.3, 0.4) is 0 Å². The lowest BCUT2D eigenvalue weighted by Gasteiger charge is -2.29. The van der Waals surface area contributed by atoms with Crippen LogP contribution >= 0.6 is 0 Å². The van der Waals surface area contributed by atoms with Gasteiger partial charge < -0.3 is 19.7 Å². The summed E-state index contributed by atoms with van der Waals surface area (Å²) in [6, 6.07) is 3.42. The molecule has 2 aliphatic heterocycles. The smallest absolute Gasteiger partial charge is 0.423 e. The summed E-state index contributed by atoms with van der Waals surface area (Å²) < 4.78 is 2.27. The molecule has 0 aliphatic carbocycles. The predicted molar refractivity (Wildman–Crippen MR) is 92.7 cm³/mol. The zero-order valence-corrected chi connectivity index (χ0v) is 13.9. The molecule has 0 unspecified atom stereocenters. The second-order valence-corrected chi connectivity index (χ2v) is 6.55. The van der Waals surface area contributed by atoms with Gasteiger partial charge in [-0.15, -0.1) is 0 Å². The van der Waals surface area contributed by atoms with Gasteiger partial charge in [-0.2, -0.15) is 0 Å². The molecular weight excluding hydrogens is 321 g/mol. The van der Waals surface area contributed by atoms with E-state index >= 15 is 0 Å². The van der Waals surface area contributed by atoms with Gasteiger partial charge in [-0.25, -0.2) is 4.98 Å². The van der Waals surface area contributed by atoms with Gasteiger partial charge in [-0.3, -0.25) is 9.69 Å². The Hall–Kier alpha value is -2.16. The van der Waals surface area contributed by atoms with Crippen molar-refractivity contribution in [3.8, 4) is 0 Å². The molecule has 0 spiro atoms. The molecule has 4 heterocycles. The molecule has 0 atom stereocenters. The first-order chi connectivity index (χ1) is 12.1. The molecule has 0 aromatic carbocycles. The number of pyridine rings is 1. The second-order valence-electron chi connectivity index (χ2n) is 6.55. The van der Waals surface area contributed by atoms with Gasteiger partial charge in [0, 0.05) is 42.7 Å². The molecule has 0 fully saturated rings. The molecule has 3 N–H and O–H groups in total. The van der Waals surface area contributed by atoms with E-state index in [1.807, 2.05) is 6.07 Å². The highest BCUT2D eigenvalue weighted by Gasteiger charge is 2.33. The van der Waals surface area contributed by atoms with E-state index in [1.165, 1.54) is 22.9 Å². The third kappa shape index (κ3) is 2.57. The van der Waals surface area contributed by atoms with E-state index in [-0.39, 0.29) is 16.9 Å². The summed E-state index contributed by atoms with van der Waals surface area (Å²) in [4.78, 5) is 18.8. The molecular formula is C17H20BN3O4. The normalized spacial score (nSPS) is 16.6. The van der Waals surface area contributed by atoms with Crippen molar-refractivity contribution in [2.24, 2.45) is 0 Å². The van der Waals surface area contributed by atoms with Crippen LogP contribution in [0, 0.1) is 0 Å². The number of aliphatic hydroxyl groups is 1. The average molecular weight is 341 g/mol. The lowest BCUT2D eigenvalue weighted by Crippen LogP contribution is -2.42. The second kappa shape index (κ2) is 6.29. The highest BCUT2D eigenvalue weighted by atomic mass is 16.4. The Kier molecular flexibility index (Phi) is 4.11. The third-order valence-corrected chi connectivity index (χ3v) is 5.17. The fourth-order valence-electron chi connectivity index (χ4n) is 3.96. The Morgan fingerprint density at radius 1 is 1.20 bits per heavy atom. The Bertz CT molecular complexity index is 834. The van der Waals surface area contributed by atoms with E-state index in [4.69, 9.17) is 0 Å². The van der Waals surface area contributed by atoms with Crippen LogP contribution < -0.4 is 10.4 Å². The van der Waals surface area contributed by atoms with Crippen molar-refractivity contribution in [1.29, 1.82) is 0 Å². The zero-order valence-electron chi connectivity index (χ0n) is 13.9. The van der Waals surface area contributed by atoms with Gasteiger partial charge >= 0.3 is 7.12 Å². The Balaban J connectivity index is 1.76. The maximum Gasteiger partial charge on any atom is 0.488 e. The van der Waals surface area contributed by atoms with Gasteiger partial charge in [0.1, 0.15) is 5.82 Å². The number of carbonyl (C=O) groups is 1. The van der Waals surface area contributed by atoms with Crippen molar-refractivity contribution >= 4 is 24.3 Å². The van der Waals surface area contributed by atoms with Gasteiger partial charge in [0.15, 0.2) is 0 Å². The SMILES string of the molecule is O=C1c2cc3n(c2CCN1c1nccc(B(O)O)c1CO)CCCC3. The maximum atomic E-state index is 13.1. The van der Waals surface area contributed by atoms with E-state index in [1.54, 1.807) is 0 Å². The molecule has 0 bridgehead atoms. The predicted octanol–water partition coefficient (Wildman–Crippen LogP) is -0.406. The number of aliphatic hydroxyl groups excluding tert-OH is 1. The lowest BCUT2D eigenvalue weighted by molar-refractivity contribution is 0.0978. The van der Waals surface area contributed by atoms with Crippen molar-refractivity contribution in [1.82, 2.24) is 9.55 Å². The van der Waals surface area contributed by atoms with Crippen LogP contribution in [0.2, 0.25) is 0 Å². The minimum atomic E-state index is -1.72. The molecule has 8 heteroatoms. The number of nitrogens with zero attached hydrogens (tertiary/aromatic N) is 3. The highest BCUT2D eigenvalue weighted by molar-refractivity contribution is 6.59. The minimum Gasteiger partial charge on any atom is -0.423 e. The Morgan fingerprint density at radius 2 is 2.04 bits per heavy atom. The molecule has 25 heavy (non-hydrogen) atoms. The van der Waals surface area contributed by atoms with Gasteiger partial charge in [-0.1, -0.05) is 0 Å². The largest absolute Gasteiger partial charge is 0.488 e. The molecule has 1 amide bonds. The van der Waals surface area contributed by atoms with Crippen molar-refractivity contribution in [3.63, 3.8) is 0 Å². The monoisotopic (exact) mass is 341 g/mol. The van der Waals surface area contributed by atoms with Crippen LogP contribution in [0.15, 0.2) is 18.3 Å². The number of rotatable bonds is 3. The zero-order chi connectivity index (χ0) is 17.6. The molecule has 2 aromatic heterocycles. The van der Waals surface area contributed by atoms with E-state index in [0.29, 0.717) is 17.9 Å². The number of carbonyl (C=O) groups excluding carboxylic acids is 1. The molecule has 7 nitrogen and oxygen atoms in total. The topological polar surface area (TPSA) is 98.8 Å². The summed E-state index contributed by atoms with van der Waals surface area (Å²) in [7, 11) is -1.72. The van der Waals surface area contributed by atoms with Crippen molar-refractivity contribution in [3.05, 3.63) is 40.8 Å². The van der Waals surface area contributed by atoms with Crippen LogP contribution in [-0.4, -0.2) is 44.3 Å². The number of hydrogen-bond acceptors (Lipinski definition) is 5. The van der Waals surface area contributed by atoms with Gasteiger partial charge in [0.05, 0.1) is 12.2 Å². The van der Waals surface area contributed by atoms with Crippen LogP contribution in [0.5, 0.6) is 0 Å². The summed E-state index contributed by atoms with van der Waals surface area (Å²) in [6.45, 7) is 1.00. The quantitative estimate of drug-likeness (QED) is 0.660. The van der Waals surface area contributed by atoms with Crippen LogP contribution in [0.4, 0.5) is 5.82 Å². The fraction of sp³-hybridized carbons (Fsp3) is 0.412. The molecule has 2 aromatic rings. The van der Waals surface area contributed by atoms with E-state index < -0.39 is 13.7 Å². The highest BCUT2D eigenvalue weighted by Crippen LogP contribution is 2.30. The number of hydrogen-bond donors (Lipinski definition) is 3. The number of aromatic nitrogens is 2. The van der Waals surface area contributed by atoms with Gasteiger partial charge in [0.25, 0.3) is 5.91 Å². The van der Waals surface area contributed by atoms with Crippen molar-refractivity contribution < 1.29 is 19.9 Å². The molecule has 0 saturated carbocycles. The van der Waals surface area contributed by atoms with E-state index in [9.17, 15) is 19.9 Å². The van der Waals surface area contributed by atoms with E-state index in [0.717, 1.165) is 37.9 Å². The number of fused-ring (bicyclic) bond motifs is 3. The third-order valence-electron chi connectivity index (χ3n) is 5.17. The summed E-state index contributed by atoms with van der Waals surface area (Å²) in [5, 5.41) is 28.7. The number of amides is 1. The first-order valence-electron chi connectivity index (χ1n) is 8.59. The van der Waals surface area contributed by atoms with E-state index in [2.05, 4.69) is 9.55 Å². The number of aryl methyl sites for hydroxylation is 1. The summed E-state index contributed by atoms with van der Waals surface area (Å²) >= 11 is 0. The first kappa shape index (κ1) is 16.3. The van der Waals surface area contributed by atoms with Gasteiger partial charge in [0.2, 0.25) is 0 Å². The average Bonchev–Trinajstić information content (AvgIpc) is 3.01. The maximum absolute atomic E-state index is 13.1. The Labute approximate surface area is 145 Å². The summed E-state index contributed by atoms with van der Waals surface area (Å²) in [5.41, 5.74) is 3.44. The minimum absolute atomic E-state index is 0.144. The standard InChI is InChI=1S/C17H20BN3O4/c22-10-13-14(18(24)25)4-6-19-16(13)21-8-5-15-12(17(21)23)9-11-3-1-2-7-20(11)15/h4,6,9,22,24-25H,1-3,5,7-8,10H2. The fourth-order valence-corrected chi connectivity index (χ4v) is 3.96. The van der Waals surface area contributed by atoms with Crippen molar-refractivity contribution in [2.75, 3.05) is 11.4 Å². The number of anilines is 1. The van der Waals surface area contributed by atoms with Gasteiger partial charge in [-0.05, 0) is 36.9 Å². The van der Waals surface area contributed by atoms with Crippen LogP contribution in [0.1, 0.15) is 40.2 Å². The summed E-state index contributed by atoms with van der Waals surface area (Å²) in [5.74, 6) is 0.155. The molecule has 130 valence electrons. The molecule has 0 saturated heterocycles. The van der Waals surface area contributed by atoms with Crippen molar-refractivity contribution in [2.45, 2.75) is 38.8 Å². The molecule has 2 aliphatic rings. The lowest BCUT2D eigenvalue weighted by atomic mass is 9.77. The van der Waals surface area contributed by atoms with Crippen LogP contribution in [-0.2, 0) is 26.0 Å². The molecule has 4 rings (SSSR count). The van der Waals surface area contributed by atoms with Crippen LogP contribution in [0.25, 0.3) is 0 Å². The Morgan fingerprint density at radius 3 is 2.80 bits per heavy atom. The molecule has 0 radical (unpaired) electrons.